The van der Waals surface area contributed by atoms with Crippen molar-refractivity contribution in [1.82, 2.24) is 10.3 Å². The number of alkyl halides is 3. The summed E-state index contributed by atoms with van der Waals surface area (Å²) in [6.45, 7) is 3.78. The Labute approximate surface area is 124 Å². The normalized spacial score (nSPS) is 11.6. The molecule has 0 aliphatic rings. The monoisotopic (exact) mass is 316 g/mol. The first kappa shape index (κ1) is 15.8. The van der Waals surface area contributed by atoms with Gasteiger partial charge >= 0.3 is 6.36 Å². The molecule has 0 aliphatic carbocycles. The first-order valence-electron chi connectivity index (χ1n) is 6.49. The maximum Gasteiger partial charge on any atom is 0.573 e. The van der Waals surface area contributed by atoms with Gasteiger partial charge in [0.25, 0.3) is 0 Å². The summed E-state index contributed by atoms with van der Waals surface area (Å²) in [5.74, 6) is -0.229. The molecule has 21 heavy (non-hydrogen) atoms. The van der Waals surface area contributed by atoms with Crippen LogP contribution in [0.5, 0.6) is 5.75 Å². The molecular weight excluding hydrogens is 301 g/mol. The van der Waals surface area contributed by atoms with E-state index in [0.29, 0.717) is 0 Å². The molecule has 0 aliphatic heterocycles. The number of ether oxygens (including phenoxy) is 1. The van der Waals surface area contributed by atoms with E-state index in [0.717, 1.165) is 35.0 Å². The Morgan fingerprint density at radius 2 is 1.95 bits per heavy atom. The summed E-state index contributed by atoms with van der Waals surface area (Å²) in [6, 6.07) is 5.73. The topological polar surface area (TPSA) is 34.2 Å². The first-order valence-corrected chi connectivity index (χ1v) is 7.31. The summed E-state index contributed by atoms with van der Waals surface area (Å²) in [5.41, 5.74) is 0.774. The van der Waals surface area contributed by atoms with Crippen molar-refractivity contribution in [3.63, 3.8) is 0 Å². The van der Waals surface area contributed by atoms with Crippen molar-refractivity contribution >= 4 is 11.3 Å². The fourth-order valence-electron chi connectivity index (χ4n) is 1.71. The molecule has 2 aromatic rings. The molecule has 0 saturated heterocycles. The van der Waals surface area contributed by atoms with Crippen molar-refractivity contribution in [3.8, 4) is 16.3 Å². The Morgan fingerprint density at radius 1 is 1.24 bits per heavy atom. The molecule has 1 aromatic heterocycles. The molecule has 0 spiro atoms. The summed E-state index contributed by atoms with van der Waals surface area (Å²) in [5, 5.41) is 4.06. The van der Waals surface area contributed by atoms with Crippen LogP contribution in [0.1, 0.15) is 18.2 Å². The van der Waals surface area contributed by atoms with Crippen LogP contribution < -0.4 is 10.1 Å². The van der Waals surface area contributed by atoms with Gasteiger partial charge in [0.2, 0.25) is 0 Å². The first-order chi connectivity index (χ1) is 9.98. The van der Waals surface area contributed by atoms with E-state index >= 15 is 0 Å². The lowest BCUT2D eigenvalue weighted by Gasteiger charge is -2.08. The van der Waals surface area contributed by atoms with Gasteiger partial charge in [0.15, 0.2) is 0 Å². The van der Waals surface area contributed by atoms with Crippen molar-refractivity contribution in [2.24, 2.45) is 0 Å². The molecule has 0 amide bonds. The molecule has 0 unspecified atom stereocenters. The molecule has 0 saturated carbocycles. The van der Waals surface area contributed by atoms with Crippen molar-refractivity contribution in [2.75, 3.05) is 6.54 Å². The molecule has 1 heterocycles. The van der Waals surface area contributed by atoms with Gasteiger partial charge in [-0.3, -0.25) is 0 Å². The summed E-state index contributed by atoms with van der Waals surface area (Å²) in [7, 11) is 0. The highest BCUT2D eigenvalue weighted by molar-refractivity contribution is 7.15. The summed E-state index contributed by atoms with van der Waals surface area (Å²) < 4.78 is 40.1. The van der Waals surface area contributed by atoms with Crippen molar-refractivity contribution in [3.05, 3.63) is 35.3 Å². The van der Waals surface area contributed by atoms with E-state index in [-0.39, 0.29) is 5.75 Å². The van der Waals surface area contributed by atoms with Gasteiger partial charge in [-0.25, -0.2) is 4.98 Å². The molecule has 114 valence electrons. The smallest absolute Gasteiger partial charge is 0.406 e. The Balaban J connectivity index is 2.02. The molecule has 0 fully saturated rings. The maximum absolute atomic E-state index is 12.1. The lowest BCUT2D eigenvalue weighted by molar-refractivity contribution is -0.274. The standard InChI is InChI=1S/C14H15F3N2OS/c1-2-7-18-8-12-9-19-13(21-12)10-3-5-11(6-4-10)20-14(15,16)17/h3-6,9,18H,2,7-8H2,1H3. The van der Waals surface area contributed by atoms with Gasteiger partial charge in [0.1, 0.15) is 10.8 Å². The average molecular weight is 316 g/mol. The van der Waals surface area contributed by atoms with Crippen LogP contribution in [-0.2, 0) is 6.54 Å². The summed E-state index contributed by atoms with van der Waals surface area (Å²) in [6.07, 6.45) is -1.82. The third kappa shape index (κ3) is 5.02. The Morgan fingerprint density at radius 3 is 2.57 bits per heavy atom. The highest BCUT2D eigenvalue weighted by Crippen LogP contribution is 2.28. The number of aromatic nitrogens is 1. The van der Waals surface area contributed by atoms with Gasteiger partial charge in [0, 0.05) is 23.2 Å². The predicted octanol–water partition coefficient (Wildman–Crippen LogP) is 4.21. The zero-order valence-corrected chi connectivity index (χ0v) is 12.2. The summed E-state index contributed by atoms with van der Waals surface area (Å²) >= 11 is 1.52. The lowest BCUT2D eigenvalue weighted by Crippen LogP contribution is -2.16. The number of hydrogen-bond donors (Lipinski definition) is 1. The quantitative estimate of drug-likeness (QED) is 0.811. The van der Waals surface area contributed by atoms with E-state index in [1.165, 1.54) is 23.5 Å². The number of nitrogens with one attached hydrogen (secondary N) is 1. The van der Waals surface area contributed by atoms with Gasteiger partial charge in [-0.2, -0.15) is 0 Å². The Hall–Kier alpha value is -1.60. The van der Waals surface area contributed by atoms with Crippen LogP contribution in [0.3, 0.4) is 0 Å². The number of thiazole rings is 1. The van der Waals surface area contributed by atoms with Gasteiger partial charge in [-0.1, -0.05) is 6.92 Å². The van der Waals surface area contributed by atoms with Gasteiger partial charge in [-0.05, 0) is 37.2 Å². The molecule has 2 rings (SSSR count). The van der Waals surface area contributed by atoms with Crippen LogP contribution >= 0.6 is 11.3 Å². The zero-order chi connectivity index (χ0) is 15.3. The second-order valence-electron chi connectivity index (χ2n) is 4.38. The van der Waals surface area contributed by atoms with Crippen LogP contribution in [0.25, 0.3) is 10.6 Å². The van der Waals surface area contributed by atoms with Gasteiger partial charge in [0.05, 0.1) is 0 Å². The fraction of sp³-hybridized carbons (Fsp3) is 0.357. The van der Waals surface area contributed by atoms with Crippen LogP contribution in [0.2, 0.25) is 0 Å². The number of halogens is 3. The van der Waals surface area contributed by atoms with Crippen LogP contribution in [0, 0.1) is 0 Å². The third-order valence-corrected chi connectivity index (χ3v) is 3.66. The Kier molecular flexibility index (Phi) is 5.19. The molecule has 7 heteroatoms. The molecular formula is C14H15F3N2OS. The van der Waals surface area contributed by atoms with E-state index < -0.39 is 6.36 Å². The van der Waals surface area contributed by atoms with Crippen molar-refractivity contribution in [2.45, 2.75) is 26.3 Å². The molecule has 0 bridgehead atoms. The Bertz CT molecular complexity index is 566. The minimum atomic E-state index is -4.67. The zero-order valence-electron chi connectivity index (χ0n) is 11.4. The largest absolute Gasteiger partial charge is 0.573 e. The highest BCUT2D eigenvalue weighted by Gasteiger charge is 2.30. The van der Waals surface area contributed by atoms with E-state index in [9.17, 15) is 13.2 Å². The number of benzene rings is 1. The van der Waals surface area contributed by atoms with Crippen LogP contribution in [-0.4, -0.2) is 17.9 Å². The highest BCUT2D eigenvalue weighted by atomic mass is 32.1. The van der Waals surface area contributed by atoms with Gasteiger partial charge in [-0.15, -0.1) is 24.5 Å². The predicted molar refractivity (Wildman–Crippen MR) is 76.2 cm³/mol. The van der Waals surface area contributed by atoms with Crippen molar-refractivity contribution in [1.29, 1.82) is 0 Å². The van der Waals surface area contributed by atoms with Gasteiger partial charge < -0.3 is 10.1 Å². The molecule has 1 N–H and O–H groups in total. The second-order valence-corrected chi connectivity index (χ2v) is 5.50. The van der Waals surface area contributed by atoms with Crippen LogP contribution in [0.4, 0.5) is 13.2 Å². The van der Waals surface area contributed by atoms with E-state index in [2.05, 4.69) is 22.0 Å². The number of hydrogen-bond acceptors (Lipinski definition) is 4. The number of nitrogens with zero attached hydrogens (tertiary/aromatic N) is 1. The SMILES string of the molecule is CCCNCc1cnc(-c2ccc(OC(F)(F)F)cc2)s1. The third-order valence-electron chi connectivity index (χ3n) is 2.61. The number of rotatable bonds is 6. The van der Waals surface area contributed by atoms with E-state index in [4.69, 9.17) is 0 Å². The minimum absolute atomic E-state index is 0.229. The maximum atomic E-state index is 12.1. The molecule has 0 radical (unpaired) electrons. The molecule has 3 nitrogen and oxygen atoms in total. The fourth-order valence-corrected chi connectivity index (χ4v) is 2.60. The molecule has 0 atom stereocenters. The van der Waals surface area contributed by atoms with E-state index in [1.54, 1.807) is 18.3 Å². The van der Waals surface area contributed by atoms with E-state index in [1.807, 2.05) is 0 Å². The van der Waals surface area contributed by atoms with Crippen LogP contribution in [0.15, 0.2) is 30.5 Å². The minimum Gasteiger partial charge on any atom is -0.406 e. The van der Waals surface area contributed by atoms with Crippen molar-refractivity contribution < 1.29 is 17.9 Å². The second kappa shape index (κ2) is 6.91. The summed E-state index contributed by atoms with van der Waals surface area (Å²) in [4.78, 5) is 5.38. The lowest BCUT2D eigenvalue weighted by atomic mass is 10.2. The average Bonchev–Trinajstić information content (AvgIpc) is 2.87. The molecule has 1 aromatic carbocycles.